The number of hydrogen-bond donors (Lipinski definition) is 2. The van der Waals surface area contributed by atoms with E-state index in [9.17, 15) is 4.79 Å². The Kier molecular flexibility index (Phi) is 4.48. The number of carbonyl (C=O) groups excluding carboxylic acids is 1. The molecule has 3 atom stereocenters. The van der Waals surface area contributed by atoms with Gasteiger partial charge in [-0.1, -0.05) is 6.07 Å². The summed E-state index contributed by atoms with van der Waals surface area (Å²) < 4.78 is 0.740. The quantitative estimate of drug-likeness (QED) is 0.810. The number of nitrogens with one attached hydrogen (secondary N) is 2. The van der Waals surface area contributed by atoms with Gasteiger partial charge < -0.3 is 10.6 Å². The number of anilines is 1. The maximum absolute atomic E-state index is 12.2. The number of pyridine rings is 1. The SMILES string of the molecule is Cc1ccc(Br)nc1NC(=O)[C@H]1NC2CC[C@H]1C2.Cl. The third-order valence-corrected chi connectivity index (χ3v) is 4.39. The summed E-state index contributed by atoms with van der Waals surface area (Å²) in [7, 11) is 0. The van der Waals surface area contributed by atoms with Gasteiger partial charge in [-0.25, -0.2) is 4.98 Å². The molecule has 2 bridgehead atoms. The fourth-order valence-corrected chi connectivity index (χ4v) is 3.29. The summed E-state index contributed by atoms with van der Waals surface area (Å²) in [5, 5.41) is 6.33. The second-order valence-corrected chi connectivity index (χ2v) is 6.02. The van der Waals surface area contributed by atoms with Crippen molar-refractivity contribution in [1.29, 1.82) is 0 Å². The number of piperidine rings is 1. The predicted octanol–water partition coefficient (Wildman–Crippen LogP) is 2.65. The lowest BCUT2D eigenvalue weighted by Gasteiger charge is -2.22. The highest BCUT2D eigenvalue weighted by Crippen LogP contribution is 2.35. The monoisotopic (exact) mass is 345 g/mol. The molecule has 1 aromatic rings. The minimum Gasteiger partial charge on any atom is -0.309 e. The van der Waals surface area contributed by atoms with E-state index in [1.807, 2.05) is 19.1 Å². The summed E-state index contributed by atoms with van der Waals surface area (Å²) >= 11 is 3.32. The van der Waals surface area contributed by atoms with Crippen LogP contribution in [0.2, 0.25) is 0 Å². The molecule has 104 valence electrons. The van der Waals surface area contributed by atoms with E-state index in [1.165, 1.54) is 12.8 Å². The van der Waals surface area contributed by atoms with E-state index in [1.54, 1.807) is 0 Å². The van der Waals surface area contributed by atoms with Gasteiger partial charge in [-0.15, -0.1) is 12.4 Å². The van der Waals surface area contributed by atoms with Crippen molar-refractivity contribution in [2.75, 3.05) is 5.32 Å². The zero-order valence-electron chi connectivity index (χ0n) is 10.6. The molecule has 1 aromatic heterocycles. The van der Waals surface area contributed by atoms with Crippen molar-refractivity contribution >= 4 is 40.1 Å². The van der Waals surface area contributed by atoms with Crippen molar-refractivity contribution in [3.8, 4) is 0 Å². The first-order chi connectivity index (χ1) is 8.63. The fraction of sp³-hybridized carbons (Fsp3) is 0.538. The lowest BCUT2D eigenvalue weighted by molar-refractivity contribution is -0.119. The molecule has 0 aromatic carbocycles. The van der Waals surface area contributed by atoms with Gasteiger partial charge in [0.25, 0.3) is 0 Å². The van der Waals surface area contributed by atoms with Crippen LogP contribution >= 0.6 is 28.3 Å². The highest BCUT2D eigenvalue weighted by molar-refractivity contribution is 9.10. The maximum atomic E-state index is 12.2. The molecular weight excluding hydrogens is 330 g/mol. The van der Waals surface area contributed by atoms with Gasteiger partial charge in [0.05, 0.1) is 6.04 Å². The lowest BCUT2D eigenvalue weighted by Crippen LogP contribution is -2.44. The van der Waals surface area contributed by atoms with E-state index in [0.717, 1.165) is 16.6 Å². The van der Waals surface area contributed by atoms with Crippen LogP contribution in [0.3, 0.4) is 0 Å². The molecule has 1 unspecified atom stereocenters. The van der Waals surface area contributed by atoms with Crippen LogP contribution in [0, 0.1) is 12.8 Å². The van der Waals surface area contributed by atoms with Crippen molar-refractivity contribution in [3.63, 3.8) is 0 Å². The van der Waals surface area contributed by atoms with Gasteiger partial charge in [0, 0.05) is 6.04 Å². The second kappa shape index (κ2) is 5.77. The number of carbonyl (C=O) groups is 1. The molecule has 1 saturated carbocycles. The molecule has 0 radical (unpaired) electrons. The van der Waals surface area contributed by atoms with Gasteiger partial charge in [0.1, 0.15) is 10.4 Å². The summed E-state index contributed by atoms with van der Waals surface area (Å²) in [5.41, 5.74) is 0.981. The summed E-state index contributed by atoms with van der Waals surface area (Å²) in [6.45, 7) is 1.95. The molecule has 1 aliphatic heterocycles. The average Bonchev–Trinajstić information content (AvgIpc) is 2.96. The van der Waals surface area contributed by atoms with Crippen LogP contribution in [0.1, 0.15) is 24.8 Å². The largest absolute Gasteiger partial charge is 0.309 e. The van der Waals surface area contributed by atoms with Gasteiger partial charge in [-0.05, 0) is 59.7 Å². The molecule has 1 aliphatic carbocycles. The van der Waals surface area contributed by atoms with E-state index in [-0.39, 0.29) is 24.4 Å². The van der Waals surface area contributed by atoms with Crippen LogP contribution in [0.5, 0.6) is 0 Å². The standard InChI is InChI=1S/C13H16BrN3O.ClH/c1-7-2-5-10(14)16-12(7)17-13(18)11-8-3-4-9(6-8)15-11;/h2,5,8-9,11,15H,3-4,6H2,1H3,(H,16,17,18);1H/t8-,9?,11-;/m0./s1. The first-order valence-corrected chi connectivity index (χ1v) is 7.13. The highest BCUT2D eigenvalue weighted by Gasteiger charge is 2.42. The third kappa shape index (κ3) is 2.93. The third-order valence-electron chi connectivity index (χ3n) is 3.95. The number of fused-ring (bicyclic) bond motifs is 2. The number of hydrogen-bond acceptors (Lipinski definition) is 3. The molecule has 2 N–H and O–H groups in total. The Bertz CT molecular complexity index is 497. The number of aryl methyl sites for hydroxylation is 1. The molecule has 1 saturated heterocycles. The lowest BCUT2D eigenvalue weighted by atomic mass is 9.99. The van der Waals surface area contributed by atoms with Crippen LogP contribution in [-0.4, -0.2) is 23.0 Å². The fourth-order valence-electron chi connectivity index (χ4n) is 2.98. The Morgan fingerprint density at radius 1 is 1.47 bits per heavy atom. The Morgan fingerprint density at radius 2 is 2.26 bits per heavy atom. The number of rotatable bonds is 2. The van der Waals surface area contributed by atoms with E-state index in [2.05, 4.69) is 31.5 Å². The number of amides is 1. The first-order valence-electron chi connectivity index (χ1n) is 6.33. The van der Waals surface area contributed by atoms with E-state index in [4.69, 9.17) is 0 Å². The summed E-state index contributed by atoms with van der Waals surface area (Å²) in [6, 6.07) is 4.33. The molecule has 2 aliphatic rings. The molecule has 1 amide bonds. The Labute approximate surface area is 127 Å². The molecule has 4 nitrogen and oxygen atoms in total. The summed E-state index contributed by atoms with van der Waals surface area (Å²) in [5.74, 6) is 1.21. The normalized spacial score (nSPS) is 28.0. The minimum absolute atomic E-state index is 0. The van der Waals surface area contributed by atoms with Crippen molar-refractivity contribution in [3.05, 3.63) is 22.3 Å². The van der Waals surface area contributed by atoms with Crippen LogP contribution in [0.15, 0.2) is 16.7 Å². The van der Waals surface area contributed by atoms with Crippen LogP contribution < -0.4 is 10.6 Å². The second-order valence-electron chi connectivity index (χ2n) is 5.20. The molecule has 6 heteroatoms. The van der Waals surface area contributed by atoms with E-state index in [0.29, 0.717) is 17.8 Å². The van der Waals surface area contributed by atoms with Gasteiger partial charge in [0.2, 0.25) is 5.91 Å². The highest BCUT2D eigenvalue weighted by atomic mass is 79.9. The van der Waals surface area contributed by atoms with Gasteiger partial charge >= 0.3 is 0 Å². The van der Waals surface area contributed by atoms with Crippen LogP contribution in [-0.2, 0) is 4.79 Å². The van der Waals surface area contributed by atoms with Gasteiger partial charge in [-0.3, -0.25) is 4.79 Å². The van der Waals surface area contributed by atoms with E-state index >= 15 is 0 Å². The molecule has 19 heavy (non-hydrogen) atoms. The molecule has 0 spiro atoms. The molecule has 2 heterocycles. The smallest absolute Gasteiger partial charge is 0.242 e. The van der Waals surface area contributed by atoms with Crippen LogP contribution in [0.25, 0.3) is 0 Å². The average molecular weight is 347 g/mol. The topological polar surface area (TPSA) is 54.0 Å². The number of aromatic nitrogens is 1. The summed E-state index contributed by atoms with van der Waals surface area (Å²) in [4.78, 5) is 16.5. The molecule has 2 fully saturated rings. The van der Waals surface area contributed by atoms with E-state index < -0.39 is 0 Å². The predicted molar refractivity (Wildman–Crippen MR) is 80.6 cm³/mol. The Hall–Kier alpha value is -0.650. The van der Waals surface area contributed by atoms with Gasteiger partial charge in [-0.2, -0.15) is 0 Å². The maximum Gasteiger partial charge on any atom is 0.242 e. The van der Waals surface area contributed by atoms with Crippen molar-refractivity contribution < 1.29 is 4.79 Å². The first kappa shape index (κ1) is 14.8. The minimum atomic E-state index is -0.0380. The Balaban J connectivity index is 0.00000133. The zero-order chi connectivity index (χ0) is 12.7. The van der Waals surface area contributed by atoms with Crippen molar-refractivity contribution in [2.24, 2.45) is 5.92 Å². The summed E-state index contributed by atoms with van der Waals surface area (Å²) in [6.07, 6.45) is 3.52. The number of nitrogens with zero attached hydrogens (tertiary/aromatic N) is 1. The number of halogens is 2. The Morgan fingerprint density at radius 3 is 2.89 bits per heavy atom. The van der Waals surface area contributed by atoms with Gasteiger partial charge in [0.15, 0.2) is 0 Å². The zero-order valence-corrected chi connectivity index (χ0v) is 13.1. The van der Waals surface area contributed by atoms with Crippen LogP contribution in [0.4, 0.5) is 5.82 Å². The van der Waals surface area contributed by atoms with Crippen molar-refractivity contribution in [2.45, 2.75) is 38.3 Å². The van der Waals surface area contributed by atoms with Crippen molar-refractivity contribution in [1.82, 2.24) is 10.3 Å². The molecular formula is C13H17BrClN3O. The molecule has 3 rings (SSSR count).